The highest BCUT2D eigenvalue weighted by molar-refractivity contribution is 7.88. The molecule has 1 aromatic rings. The Morgan fingerprint density at radius 1 is 1.41 bits per heavy atom. The second kappa shape index (κ2) is 6.66. The van der Waals surface area contributed by atoms with Gasteiger partial charge in [0.2, 0.25) is 15.9 Å². The number of sulfonamides is 1. The van der Waals surface area contributed by atoms with Crippen LogP contribution in [0.4, 0.5) is 0 Å². The van der Waals surface area contributed by atoms with Crippen LogP contribution in [0.15, 0.2) is 24.3 Å². The van der Waals surface area contributed by atoms with E-state index in [9.17, 15) is 13.2 Å². The van der Waals surface area contributed by atoms with Crippen LogP contribution in [0.3, 0.4) is 0 Å². The first-order valence-electron chi connectivity index (χ1n) is 7.30. The van der Waals surface area contributed by atoms with Crippen molar-refractivity contribution in [2.24, 2.45) is 0 Å². The first kappa shape index (κ1) is 16.8. The van der Waals surface area contributed by atoms with Crippen LogP contribution in [0, 0.1) is 0 Å². The van der Waals surface area contributed by atoms with Gasteiger partial charge in [-0.3, -0.25) is 4.79 Å². The molecular weight excluding hydrogens is 304 g/mol. The van der Waals surface area contributed by atoms with Gasteiger partial charge in [-0.25, -0.2) is 13.1 Å². The molecule has 1 amide bonds. The van der Waals surface area contributed by atoms with Crippen molar-refractivity contribution >= 4 is 15.9 Å². The SMILES string of the molecule is CCc1ccccc1OC1CN(C(=O)[C@H](C)NS(C)(=O)=O)C1. The third-order valence-electron chi connectivity index (χ3n) is 3.57. The van der Waals surface area contributed by atoms with E-state index in [1.54, 1.807) is 11.8 Å². The van der Waals surface area contributed by atoms with E-state index in [4.69, 9.17) is 4.74 Å². The van der Waals surface area contributed by atoms with Crippen LogP contribution in [-0.2, 0) is 21.2 Å². The fraction of sp³-hybridized carbons (Fsp3) is 0.533. The summed E-state index contributed by atoms with van der Waals surface area (Å²) in [5.74, 6) is 0.624. The molecule has 0 unspecified atom stereocenters. The monoisotopic (exact) mass is 326 g/mol. The highest BCUT2D eigenvalue weighted by Gasteiger charge is 2.35. The van der Waals surface area contributed by atoms with Gasteiger partial charge in [0.05, 0.1) is 25.4 Å². The molecule has 1 N–H and O–H groups in total. The van der Waals surface area contributed by atoms with Crippen molar-refractivity contribution < 1.29 is 17.9 Å². The maximum absolute atomic E-state index is 12.1. The third kappa shape index (κ3) is 4.20. The van der Waals surface area contributed by atoms with Crippen molar-refractivity contribution in [2.75, 3.05) is 19.3 Å². The lowest BCUT2D eigenvalue weighted by Crippen LogP contribution is -2.60. The number of nitrogens with zero attached hydrogens (tertiary/aromatic N) is 1. The van der Waals surface area contributed by atoms with Gasteiger partial charge in [0.15, 0.2) is 0 Å². The first-order chi connectivity index (χ1) is 10.3. The summed E-state index contributed by atoms with van der Waals surface area (Å²) in [6, 6.07) is 7.10. The molecule has 7 heteroatoms. The Bertz CT molecular complexity index is 639. The summed E-state index contributed by atoms with van der Waals surface area (Å²) in [7, 11) is -3.39. The van der Waals surface area contributed by atoms with Gasteiger partial charge in [0, 0.05) is 0 Å². The average Bonchev–Trinajstić information content (AvgIpc) is 2.40. The van der Waals surface area contributed by atoms with Gasteiger partial charge in [-0.1, -0.05) is 25.1 Å². The number of amides is 1. The van der Waals surface area contributed by atoms with E-state index >= 15 is 0 Å². The standard InChI is InChI=1S/C15H22N2O4S/c1-4-12-7-5-6-8-14(12)21-13-9-17(10-13)15(18)11(2)16-22(3,19)20/h5-8,11,13,16H,4,9-10H2,1-3H3/t11-/m0/s1. The predicted octanol–water partition coefficient (Wildman–Crippen LogP) is 0.776. The zero-order chi connectivity index (χ0) is 16.3. The molecule has 0 aromatic heterocycles. The highest BCUT2D eigenvalue weighted by atomic mass is 32.2. The van der Waals surface area contributed by atoms with Crippen molar-refractivity contribution in [3.63, 3.8) is 0 Å². The van der Waals surface area contributed by atoms with Crippen molar-refractivity contribution in [3.05, 3.63) is 29.8 Å². The van der Waals surface area contributed by atoms with Gasteiger partial charge in [0.25, 0.3) is 0 Å². The van der Waals surface area contributed by atoms with E-state index in [0.717, 1.165) is 24.0 Å². The molecule has 0 saturated carbocycles. The number of hydrogen-bond acceptors (Lipinski definition) is 4. The Morgan fingerprint density at radius 3 is 2.64 bits per heavy atom. The van der Waals surface area contributed by atoms with E-state index in [0.29, 0.717) is 13.1 Å². The smallest absolute Gasteiger partial charge is 0.240 e. The van der Waals surface area contributed by atoms with Crippen molar-refractivity contribution in [1.29, 1.82) is 0 Å². The molecule has 1 aromatic carbocycles. The maximum Gasteiger partial charge on any atom is 0.240 e. The quantitative estimate of drug-likeness (QED) is 0.838. The van der Waals surface area contributed by atoms with E-state index in [1.807, 2.05) is 24.3 Å². The Hall–Kier alpha value is -1.60. The molecule has 22 heavy (non-hydrogen) atoms. The van der Waals surface area contributed by atoms with Gasteiger partial charge in [-0.2, -0.15) is 0 Å². The lowest BCUT2D eigenvalue weighted by atomic mass is 10.1. The Labute approximate surface area is 131 Å². The second-order valence-corrected chi connectivity index (χ2v) is 7.34. The number of rotatable bonds is 6. The molecular formula is C15H22N2O4S. The molecule has 0 bridgehead atoms. The van der Waals surface area contributed by atoms with Crippen LogP contribution in [0.2, 0.25) is 0 Å². The number of carbonyl (C=O) groups excluding carboxylic acids is 1. The zero-order valence-corrected chi connectivity index (χ0v) is 13.9. The number of hydrogen-bond donors (Lipinski definition) is 1. The van der Waals surface area contributed by atoms with Crippen molar-refractivity contribution in [2.45, 2.75) is 32.4 Å². The minimum Gasteiger partial charge on any atom is -0.486 e. The average molecular weight is 326 g/mol. The topological polar surface area (TPSA) is 75.7 Å². The predicted molar refractivity (Wildman–Crippen MR) is 84.3 cm³/mol. The van der Waals surface area contributed by atoms with Crippen LogP contribution >= 0.6 is 0 Å². The molecule has 6 nitrogen and oxygen atoms in total. The van der Waals surface area contributed by atoms with Crippen LogP contribution in [0.25, 0.3) is 0 Å². The summed E-state index contributed by atoms with van der Waals surface area (Å²) in [6.07, 6.45) is 1.89. The lowest BCUT2D eigenvalue weighted by Gasteiger charge is -2.40. The summed E-state index contributed by atoms with van der Waals surface area (Å²) >= 11 is 0. The molecule has 1 aliphatic heterocycles. The second-order valence-electron chi connectivity index (χ2n) is 5.56. The Kier molecular flexibility index (Phi) is 5.08. The minimum atomic E-state index is -3.39. The number of nitrogens with one attached hydrogen (secondary N) is 1. The van der Waals surface area contributed by atoms with Gasteiger partial charge in [-0.05, 0) is 25.0 Å². The summed E-state index contributed by atoms with van der Waals surface area (Å²) in [5.41, 5.74) is 1.14. The van der Waals surface area contributed by atoms with E-state index in [2.05, 4.69) is 11.6 Å². The largest absolute Gasteiger partial charge is 0.486 e. The van der Waals surface area contributed by atoms with E-state index < -0.39 is 16.1 Å². The zero-order valence-electron chi connectivity index (χ0n) is 13.1. The van der Waals surface area contributed by atoms with Gasteiger partial charge in [-0.15, -0.1) is 0 Å². The fourth-order valence-corrected chi connectivity index (χ4v) is 3.17. The number of benzene rings is 1. The summed E-state index contributed by atoms with van der Waals surface area (Å²) in [6.45, 7) is 4.57. The Balaban J connectivity index is 1.86. The van der Waals surface area contributed by atoms with Gasteiger partial charge < -0.3 is 9.64 Å². The third-order valence-corrected chi connectivity index (χ3v) is 4.35. The summed E-state index contributed by atoms with van der Waals surface area (Å²) in [5, 5.41) is 0. The maximum atomic E-state index is 12.1. The van der Waals surface area contributed by atoms with Crippen molar-refractivity contribution in [3.8, 4) is 5.75 Å². The molecule has 1 atom stereocenters. The number of likely N-dealkylation sites (tertiary alicyclic amines) is 1. The molecule has 1 fully saturated rings. The van der Waals surface area contributed by atoms with Crippen LogP contribution in [-0.4, -0.2) is 50.7 Å². The number of aryl methyl sites for hydroxylation is 1. The molecule has 1 heterocycles. The Morgan fingerprint density at radius 2 is 2.05 bits per heavy atom. The summed E-state index contributed by atoms with van der Waals surface area (Å²) in [4.78, 5) is 13.7. The fourth-order valence-electron chi connectivity index (χ4n) is 2.43. The molecule has 1 saturated heterocycles. The van der Waals surface area contributed by atoms with Gasteiger partial charge in [0.1, 0.15) is 11.9 Å². The molecule has 0 spiro atoms. The normalized spacial score (nSPS) is 17.0. The van der Waals surface area contributed by atoms with E-state index in [1.165, 1.54) is 0 Å². The molecule has 1 aliphatic rings. The molecule has 0 aliphatic carbocycles. The lowest BCUT2D eigenvalue weighted by molar-refractivity contribution is -0.141. The van der Waals surface area contributed by atoms with Crippen LogP contribution in [0.1, 0.15) is 19.4 Å². The highest BCUT2D eigenvalue weighted by Crippen LogP contribution is 2.23. The minimum absolute atomic E-state index is 0.0397. The number of para-hydroxylation sites is 1. The molecule has 0 radical (unpaired) electrons. The van der Waals surface area contributed by atoms with E-state index in [-0.39, 0.29) is 12.0 Å². The van der Waals surface area contributed by atoms with Crippen LogP contribution in [0.5, 0.6) is 5.75 Å². The number of carbonyl (C=O) groups is 1. The molecule has 2 rings (SSSR count). The van der Waals surface area contributed by atoms with Crippen molar-refractivity contribution in [1.82, 2.24) is 9.62 Å². The van der Waals surface area contributed by atoms with Crippen LogP contribution < -0.4 is 9.46 Å². The van der Waals surface area contributed by atoms with Gasteiger partial charge >= 0.3 is 0 Å². The summed E-state index contributed by atoms with van der Waals surface area (Å²) < 4.78 is 30.5. The number of ether oxygens (including phenoxy) is 1. The molecule has 122 valence electrons. The first-order valence-corrected chi connectivity index (χ1v) is 9.20.